The van der Waals surface area contributed by atoms with Gasteiger partial charge in [0, 0.05) is 5.56 Å². The quantitative estimate of drug-likeness (QED) is 0.693. The summed E-state index contributed by atoms with van der Waals surface area (Å²) in [6.45, 7) is 0. The maximum absolute atomic E-state index is 12.8. The Kier molecular flexibility index (Phi) is 4.17. The molecule has 0 saturated carbocycles. The van der Waals surface area contributed by atoms with Gasteiger partial charge >= 0.3 is 12.1 Å². The Balaban J connectivity index is 2.58. The van der Waals surface area contributed by atoms with Crippen molar-refractivity contribution in [1.29, 1.82) is 0 Å². The van der Waals surface area contributed by atoms with Gasteiger partial charge in [-0.15, -0.1) is 0 Å². The van der Waals surface area contributed by atoms with Gasteiger partial charge in [-0.2, -0.15) is 13.2 Å². The van der Waals surface area contributed by atoms with Crippen LogP contribution in [0.1, 0.15) is 16.1 Å². The van der Waals surface area contributed by atoms with Gasteiger partial charge < -0.3 is 5.11 Å². The highest BCUT2D eigenvalue weighted by Crippen LogP contribution is 2.31. The Bertz CT molecular complexity index is 689. The van der Waals surface area contributed by atoms with Gasteiger partial charge in [0.05, 0.1) is 11.3 Å². The zero-order valence-corrected chi connectivity index (χ0v) is 11.5. The minimum absolute atomic E-state index is 0.0228. The number of hydrogen-bond acceptors (Lipinski definition) is 4. The van der Waals surface area contributed by atoms with Gasteiger partial charge in [0.1, 0.15) is 5.69 Å². The first-order valence-electron chi connectivity index (χ1n) is 5.65. The Labute approximate surface area is 122 Å². The average molecular weight is 314 g/mol. The SMILES string of the molecule is CSc1nc(-c2cccc(C(=O)O)c2)cc(C(F)(F)F)n1. The highest BCUT2D eigenvalue weighted by atomic mass is 32.2. The van der Waals surface area contributed by atoms with Crippen LogP contribution in [0.2, 0.25) is 0 Å². The van der Waals surface area contributed by atoms with E-state index >= 15 is 0 Å². The summed E-state index contributed by atoms with van der Waals surface area (Å²) in [5.41, 5.74) is -0.758. The van der Waals surface area contributed by atoms with Crippen LogP contribution in [0.5, 0.6) is 0 Å². The van der Waals surface area contributed by atoms with Gasteiger partial charge in [0.25, 0.3) is 0 Å². The summed E-state index contributed by atoms with van der Waals surface area (Å²) in [5.74, 6) is -1.16. The van der Waals surface area contributed by atoms with Gasteiger partial charge in [-0.25, -0.2) is 14.8 Å². The molecule has 8 heteroatoms. The number of aromatic nitrogens is 2. The van der Waals surface area contributed by atoms with Crippen molar-refractivity contribution in [1.82, 2.24) is 9.97 Å². The number of benzene rings is 1. The van der Waals surface area contributed by atoms with E-state index in [1.807, 2.05) is 0 Å². The van der Waals surface area contributed by atoms with Crippen molar-refractivity contribution in [3.8, 4) is 11.3 Å². The topological polar surface area (TPSA) is 63.1 Å². The first-order valence-corrected chi connectivity index (χ1v) is 6.87. The van der Waals surface area contributed by atoms with E-state index in [4.69, 9.17) is 5.11 Å². The van der Waals surface area contributed by atoms with E-state index in [2.05, 4.69) is 9.97 Å². The van der Waals surface area contributed by atoms with Crippen LogP contribution in [-0.2, 0) is 6.18 Å². The number of aromatic carboxylic acids is 1. The summed E-state index contributed by atoms with van der Waals surface area (Å²) in [5, 5.41) is 8.90. The Morgan fingerprint density at radius 1 is 1.24 bits per heavy atom. The zero-order chi connectivity index (χ0) is 15.6. The predicted molar refractivity (Wildman–Crippen MR) is 71.2 cm³/mol. The number of thioether (sulfide) groups is 1. The molecular weight excluding hydrogens is 305 g/mol. The van der Waals surface area contributed by atoms with Crippen molar-refractivity contribution in [3.05, 3.63) is 41.6 Å². The van der Waals surface area contributed by atoms with Crippen molar-refractivity contribution in [2.75, 3.05) is 6.26 Å². The summed E-state index contributed by atoms with van der Waals surface area (Å²) in [6.07, 6.45) is -3.03. The minimum atomic E-state index is -4.59. The molecule has 0 fully saturated rings. The molecule has 0 aliphatic heterocycles. The van der Waals surface area contributed by atoms with E-state index in [0.29, 0.717) is 0 Å². The average Bonchev–Trinajstić information content (AvgIpc) is 2.46. The Morgan fingerprint density at radius 3 is 2.52 bits per heavy atom. The highest BCUT2D eigenvalue weighted by Gasteiger charge is 2.33. The van der Waals surface area contributed by atoms with E-state index in [1.165, 1.54) is 24.3 Å². The molecule has 0 radical (unpaired) electrons. The molecule has 0 amide bonds. The largest absolute Gasteiger partial charge is 0.478 e. The van der Waals surface area contributed by atoms with Gasteiger partial charge in [0.15, 0.2) is 5.16 Å². The molecule has 4 nitrogen and oxygen atoms in total. The minimum Gasteiger partial charge on any atom is -0.478 e. The number of halogens is 3. The summed E-state index contributed by atoms with van der Waals surface area (Å²) in [6, 6.07) is 6.38. The van der Waals surface area contributed by atoms with Crippen molar-refractivity contribution in [2.24, 2.45) is 0 Å². The standard InChI is InChI=1S/C13H9F3N2O2S/c1-21-12-17-9(6-10(18-12)13(14,15)16)7-3-2-4-8(5-7)11(19)20/h2-6H,1H3,(H,19,20). The lowest BCUT2D eigenvalue weighted by Crippen LogP contribution is -2.10. The Hall–Kier alpha value is -2.09. The number of nitrogens with zero attached hydrogens (tertiary/aromatic N) is 2. The Morgan fingerprint density at radius 2 is 1.95 bits per heavy atom. The van der Waals surface area contributed by atoms with Crippen molar-refractivity contribution in [2.45, 2.75) is 11.3 Å². The molecule has 1 heterocycles. The molecule has 21 heavy (non-hydrogen) atoms. The van der Waals surface area contributed by atoms with Gasteiger partial charge in [-0.05, 0) is 24.5 Å². The molecular formula is C13H9F3N2O2S. The van der Waals surface area contributed by atoms with Gasteiger partial charge in [-0.3, -0.25) is 0 Å². The van der Waals surface area contributed by atoms with E-state index in [-0.39, 0.29) is 22.0 Å². The summed E-state index contributed by atoms with van der Waals surface area (Å²) in [4.78, 5) is 18.3. The number of hydrogen-bond donors (Lipinski definition) is 1. The van der Waals surface area contributed by atoms with E-state index in [9.17, 15) is 18.0 Å². The van der Waals surface area contributed by atoms with Crippen LogP contribution in [0, 0.1) is 0 Å². The predicted octanol–water partition coefficient (Wildman–Crippen LogP) is 3.58. The second kappa shape index (κ2) is 5.72. The third kappa shape index (κ3) is 3.52. The van der Waals surface area contributed by atoms with Gasteiger partial charge in [-0.1, -0.05) is 23.9 Å². The maximum atomic E-state index is 12.8. The van der Waals surface area contributed by atoms with E-state index in [0.717, 1.165) is 17.8 Å². The second-order valence-corrected chi connectivity index (χ2v) is 4.78. The number of rotatable bonds is 3. The van der Waals surface area contributed by atoms with Crippen LogP contribution in [0.25, 0.3) is 11.3 Å². The molecule has 0 aliphatic rings. The fourth-order valence-corrected chi connectivity index (χ4v) is 2.00. The summed E-state index contributed by atoms with van der Waals surface area (Å²) in [7, 11) is 0. The lowest BCUT2D eigenvalue weighted by molar-refractivity contribution is -0.141. The molecule has 2 aromatic rings. The first-order chi connectivity index (χ1) is 9.81. The molecule has 1 aromatic carbocycles. The third-order valence-electron chi connectivity index (χ3n) is 2.58. The molecule has 0 spiro atoms. The number of carboxylic acid groups (broad SMARTS) is 1. The summed E-state index contributed by atoms with van der Waals surface area (Å²) >= 11 is 0.980. The van der Waals surface area contributed by atoms with E-state index in [1.54, 1.807) is 6.26 Å². The van der Waals surface area contributed by atoms with Gasteiger partial charge in [0.2, 0.25) is 0 Å². The van der Waals surface area contributed by atoms with Crippen LogP contribution in [-0.4, -0.2) is 27.3 Å². The molecule has 0 unspecified atom stereocenters. The number of alkyl halides is 3. The second-order valence-electron chi connectivity index (χ2n) is 4.01. The fraction of sp³-hybridized carbons (Fsp3) is 0.154. The highest BCUT2D eigenvalue weighted by molar-refractivity contribution is 7.98. The molecule has 110 valence electrons. The molecule has 0 bridgehead atoms. The lowest BCUT2D eigenvalue weighted by atomic mass is 10.1. The zero-order valence-electron chi connectivity index (χ0n) is 10.7. The lowest BCUT2D eigenvalue weighted by Gasteiger charge is -2.10. The van der Waals surface area contributed by atoms with Crippen LogP contribution < -0.4 is 0 Å². The molecule has 0 aliphatic carbocycles. The van der Waals surface area contributed by atoms with Crippen LogP contribution in [0.4, 0.5) is 13.2 Å². The van der Waals surface area contributed by atoms with Crippen LogP contribution in [0.15, 0.2) is 35.5 Å². The maximum Gasteiger partial charge on any atom is 0.433 e. The van der Waals surface area contributed by atoms with Crippen molar-refractivity contribution < 1.29 is 23.1 Å². The smallest absolute Gasteiger partial charge is 0.433 e. The molecule has 0 atom stereocenters. The first kappa shape index (κ1) is 15.3. The van der Waals surface area contributed by atoms with Crippen LogP contribution >= 0.6 is 11.8 Å². The molecule has 0 saturated heterocycles. The van der Waals surface area contributed by atoms with Crippen molar-refractivity contribution in [3.63, 3.8) is 0 Å². The normalized spacial score (nSPS) is 11.4. The number of carboxylic acids is 1. The molecule has 1 aromatic heterocycles. The van der Waals surface area contributed by atoms with E-state index < -0.39 is 17.8 Å². The molecule has 1 N–H and O–H groups in total. The molecule has 2 rings (SSSR count). The monoisotopic (exact) mass is 314 g/mol. The fourth-order valence-electron chi connectivity index (χ4n) is 1.62. The number of carbonyl (C=O) groups is 1. The summed E-state index contributed by atoms with van der Waals surface area (Å²) < 4.78 is 38.4. The third-order valence-corrected chi connectivity index (χ3v) is 3.13. The van der Waals surface area contributed by atoms with Crippen molar-refractivity contribution >= 4 is 17.7 Å². The van der Waals surface area contributed by atoms with Crippen LogP contribution in [0.3, 0.4) is 0 Å².